The van der Waals surface area contributed by atoms with Crippen molar-refractivity contribution in [2.75, 3.05) is 13.2 Å². The first kappa shape index (κ1) is 23.6. The molecule has 0 bridgehead atoms. The maximum Gasteiger partial charge on any atom is 0.335 e. The van der Waals surface area contributed by atoms with E-state index in [0.717, 1.165) is 0 Å². The Balaban J connectivity index is 3.23. The topological polar surface area (TPSA) is 71.1 Å². The van der Waals surface area contributed by atoms with E-state index in [-0.39, 0.29) is 11.1 Å². The van der Waals surface area contributed by atoms with E-state index in [2.05, 4.69) is 13.2 Å². The highest BCUT2D eigenvalue weighted by Crippen LogP contribution is 2.32. The first-order valence-corrected chi connectivity index (χ1v) is 9.15. The minimum Gasteiger partial charge on any atom is -0.426 e. The lowest BCUT2D eigenvalue weighted by atomic mass is 10.0. The minimum atomic E-state index is -1.28. The Morgan fingerprint density at radius 1 is 0.786 bits per heavy atom. The Bertz CT molecular complexity index is 673. The van der Waals surface area contributed by atoms with Gasteiger partial charge in [-0.25, -0.2) is 9.59 Å². The molecular formula is C22H30O6. The van der Waals surface area contributed by atoms with Gasteiger partial charge >= 0.3 is 11.9 Å². The highest BCUT2D eigenvalue weighted by molar-refractivity contribution is 5.87. The Kier molecular flexibility index (Phi) is 8.14. The number of hydrogen-bond acceptors (Lipinski definition) is 6. The maximum absolute atomic E-state index is 12.0. The fourth-order valence-electron chi connectivity index (χ4n) is 2.50. The first-order chi connectivity index (χ1) is 13.0. The number of hydrogen-bond donors (Lipinski definition) is 0. The first-order valence-electron chi connectivity index (χ1n) is 9.15. The van der Waals surface area contributed by atoms with Gasteiger partial charge in [0.05, 0.1) is 0 Å². The van der Waals surface area contributed by atoms with Crippen LogP contribution >= 0.6 is 0 Å². The van der Waals surface area contributed by atoms with Crippen LogP contribution in [0, 0.1) is 0 Å². The summed E-state index contributed by atoms with van der Waals surface area (Å²) in [4.78, 5) is 24.0. The van der Waals surface area contributed by atoms with Crippen LogP contribution in [0.4, 0.5) is 0 Å². The summed E-state index contributed by atoms with van der Waals surface area (Å²) >= 11 is 0. The summed E-state index contributed by atoms with van der Waals surface area (Å²) in [6.45, 7) is 18.0. The second-order valence-corrected chi connectivity index (χ2v) is 6.67. The summed E-state index contributed by atoms with van der Waals surface area (Å²) in [6.07, 6.45) is 0. The molecule has 1 aromatic rings. The maximum atomic E-state index is 12.0. The van der Waals surface area contributed by atoms with Crippen LogP contribution < -0.4 is 0 Å². The van der Waals surface area contributed by atoms with Crippen LogP contribution in [-0.4, -0.2) is 25.2 Å². The normalized spacial score (nSPS) is 15.1. The molecule has 2 atom stereocenters. The molecule has 2 unspecified atom stereocenters. The molecule has 1 aromatic carbocycles. The predicted molar refractivity (Wildman–Crippen MR) is 106 cm³/mol. The second kappa shape index (κ2) is 9.66. The number of benzene rings is 1. The third-order valence-corrected chi connectivity index (χ3v) is 4.05. The van der Waals surface area contributed by atoms with E-state index in [1.807, 2.05) is 13.8 Å². The molecule has 6 heteroatoms. The Morgan fingerprint density at radius 3 is 1.29 bits per heavy atom. The van der Waals surface area contributed by atoms with E-state index < -0.39 is 23.5 Å². The molecule has 0 aliphatic heterocycles. The van der Waals surface area contributed by atoms with E-state index in [4.69, 9.17) is 18.9 Å². The number of esters is 2. The van der Waals surface area contributed by atoms with Crippen LogP contribution in [0.2, 0.25) is 0 Å². The zero-order valence-electron chi connectivity index (χ0n) is 17.6. The third kappa shape index (κ3) is 5.78. The summed E-state index contributed by atoms with van der Waals surface area (Å²) in [5, 5.41) is 0. The molecule has 0 aromatic heterocycles. The summed E-state index contributed by atoms with van der Waals surface area (Å²) in [7, 11) is 0. The van der Waals surface area contributed by atoms with Crippen LogP contribution in [0.25, 0.3) is 0 Å². The molecule has 0 N–H and O–H groups in total. The molecule has 0 aliphatic carbocycles. The summed E-state index contributed by atoms with van der Waals surface area (Å²) in [6, 6.07) is 6.95. The van der Waals surface area contributed by atoms with Crippen molar-refractivity contribution < 1.29 is 28.5 Å². The molecule has 154 valence electrons. The lowest BCUT2D eigenvalue weighted by molar-refractivity contribution is -0.227. The average molecular weight is 390 g/mol. The molecule has 0 aliphatic rings. The van der Waals surface area contributed by atoms with Crippen LogP contribution in [0.5, 0.6) is 0 Å². The zero-order valence-corrected chi connectivity index (χ0v) is 17.6. The molecule has 0 heterocycles. The molecule has 6 nitrogen and oxygen atoms in total. The lowest BCUT2D eigenvalue weighted by Gasteiger charge is -2.32. The highest BCUT2D eigenvalue weighted by Gasteiger charge is 2.35. The van der Waals surface area contributed by atoms with Crippen LogP contribution in [0.15, 0.2) is 48.6 Å². The average Bonchev–Trinajstić information content (AvgIpc) is 2.61. The number of ether oxygens (including phenoxy) is 4. The molecule has 28 heavy (non-hydrogen) atoms. The van der Waals surface area contributed by atoms with Crippen molar-refractivity contribution in [2.24, 2.45) is 0 Å². The molecule has 0 spiro atoms. The molecule has 1 rings (SSSR count). The van der Waals surface area contributed by atoms with E-state index >= 15 is 0 Å². The SMILES string of the molecule is C=C(C)C(=O)OC(C)(OCC)c1ccc(C(C)(OCC)OC(=O)C(=C)C)cc1. The van der Waals surface area contributed by atoms with Crippen molar-refractivity contribution in [1.82, 2.24) is 0 Å². The van der Waals surface area contributed by atoms with Crippen molar-refractivity contribution >= 4 is 11.9 Å². The third-order valence-electron chi connectivity index (χ3n) is 4.05. The van der Waals surface area contributed by atoms with Gasteiger partial charge in [-0.1, -0.05) is 37.4 Å². The second-order valence-electron chi connectivity index (χ2n) is 6.67. The largest absolute Gasteiger partial charge is 0.426 e. The molecule has 0 saturated carbocycles. The van der Waals surface area contributed by atoms with Gasteiger partial charge < -0.3 is 18.9 Å². The summed E-state index contributed by atoms with van der Waals surface area (Å²) < 4.78 is 22.4. The van der Waals surface area contributed by atoms with Gasteiger partial charge in [0.25, 0.3) is 0 Å². The van der Waals surface area contributed by atoms with Crippen molar-refractivity contribution in [3.8, 4) is 0 Å². The number of rotatable bonds is 10. The van der Waals surface area contributed by atoms with Gasteiger partial charge in [0.15, 0.2) is 0 Å². The highest BCUT2D eigenvalue weighted by atomic mass is 16.7. The van der Waals surface area contributed by atoms with Crippen molar-refractivity contribution in [1.29, 1.82) is 0 Å². The molecule has 0 radical (unpaired) electrons. The number of carbonyl (C=O) groups excluding carboxylic acids is 2. The van der Waals surface area contributed by atoms with E-state index in [0.29, 0.717) is 24.3 Å². The molecular weight excluding hydrogens is 360 g/mol. The molecule has 0 fully saturated rings. The van der Waals surface area contributed by atoms with E-state index in [1.165, 1.54) is 0 Å². The quantitative estimate of drug-likeness (QED) is 0.336. The summed E-state index contributed by atoms with van der Waals surface area (Å²) in [5.74, 6) is -3.65. The zero-order chi connectivity index (χ0) is 21.5. The van der Waals surface area contributed by atoms with Crippen molar-refractivity contribution in [3.05, 3.63) is 59.7 Å². The van der Waals surface area contributed by atoms with Crippen LogP contribution in [0.1, 0.15) is 52.7 Å². The van der Waals surface area contributed by atoms with Gasteiger partial charge in [-0.05, 0) is 27.7 Å². The van der Waals surface area contributed by atoms with Crippen molar-refractivity contribution in [3.63, 3.8) is 0 Å². The van der Waals surface area contributed by atoms with Crippen LogP contribution in [0.3, 0.4) is 0 Å². The van der Waals surface area contributed by atoms with Crippen LogP contribution in [-0.2, 0) is 40.1 Å². The van der Waals surface area contributed by atoms with Gasteiger partial charge in [-0.2, -0.15) is 0 Å². The van der Waals surface area contributed by atoms with Gasteiger partial charge in [-0.15, -0.1) is 0 Å². The minimum absolute atomic E-state index is 0.276. The van der Waals surface area contributed by atoms with Crippen molar-refractivity contribution in [2.45, 2.75) is 53.1 Å². The van der Waals surface area contributed by atoms with E-state index in [9.17, 15) is 9.59 Å². The van der Waals surface area contributed by atoms with Gasteiger partial charge in [0.1, 0.15) is 0 Å². The van der Waals surface area contributed by atoms with E-state index in [1.54, 1.807) is 52.0 Å². The van der Waals surface area contributed by atoms with Gasteiger partial charge in [-0.3, -0.25) is 0 Å². The summed E-state index contributed by atoms with van der Waals surface area (Å²) in [5.41, 5.74) is 1.80. The Labute approximate surface area is 167 Å². The lowest BCUT2D eigenvalue weighted by Crippen LogP contribution is -2.34. The molecule has 0 saturated heterocycles. The monoisotopic (exact) mass is 390 g/mol. The molecule has 0 amide bonds. The predicted octanol–water partition coefficient (Wildman–Crippen LogP) is 4.34. The Hall–Kier alpha value is -2.44. The fraction of sp³-hybridized carbons (Fsp3) is 0.455. The number of carbonyl (C=O) groups is 2. The fourth-order valence-corrected chi connectivity index (χ4v) is 2.50. The van der Waals surface area contributed by atoms with Gasteiger partial charge in [0, 0.05) is 49.3 Å². The van der Waals surface area contributed by atoms with Gasteiger partial charge in [0.2, 0.25) is 11.6 Å². The standard InChI is InChI=1S/C22H30O6/c1-9-25-21(7,27-19(23)15(3)4)17-11-13-18(14-12-17)22(8,26-10-2)28-20(24)16(5)6/h11-14H,3,5,9-10H2,1-2,4,6-8H3. The smallest absolute Gasteiger partial charge is 0.335 e. The Morgan fingerprint density at radius 2 is 1.07 bits per heavy atom.